The van der Waals surface area contributed by atoms with E-state index in [4.69, 9.17) is 20.2 Å². The zero-order valence-corrected chi connectivity index (χ0v) is 17.2. The van der Waals surface area contributed by atoms with E-state index in [-0.39, 0.29) is 23.8 Å². The van der Waals surface area contributed by atoms with Gasteiger partial charge in [-0.2, -0.15) is 4.98 Å². The summed E-state index contributed by atoms with van der Waals surface area (Å²) >= 11 is 0. The van der Waals surface area contributed by atoms with Gasteiger partial charge >= 0.3 is 12.0 Å². The highest BCUT2D eigenvalue weighted by molar-refractivity contribution is 5.92. The van der Waals surface area contributed by atoms with Gasteiger partial charge in [0.25, 0.3) is 0 Å². The second-order valence-electron chi connectivity index (χ2n) is 8.17. The Bertz CT molecular complexity index is 982. The Hall–Kier alpha value is -3.20. The Morgan fingerprint density at radius 1 is 1.06 bits per heavy atom. The average molecular weight is 423 g/mol. The van der Waals surface area contributed by atoms with Gasteiger partial charge in [0.15, 0.2) is 5.82 Å². The van der Waals surface area contributed by atoms with Crippen LogP contribution in [0.5, 0.6) is 5.88 Å². The molecule has 3 fully saturated rings. The fraction of sp³-hybridized carbons (Fsp3) is 0.455. The lowest BCUT2D eigenvalue weighted by Gasteiger charge is -2.28. The molecule has 1 aromatic heterocycles. The Kier molecular flexibility index (Phi) is 5.19. The van der Waals surface area contributed by atoms with Crippen LogP contribution in [0.4, 0.5) is 16.3 Å². The van der Waals surface area contributed by atoms with E-state index in [0.29, 0.717) is 37.9 Å². The minimum Gasteiger partial charge on any atom is -0.407 e. The number of aromatic nitrogens is 2. The minimum absolute atomic E-state index is 0.0215. The standard InChI is InChI=1S/C22H25N5O4/c23-22(29)27(17-7-8-17)16-5-3-14(4-6-16)20-24-18(26-9-11-30-12-10-26)13-19(25-20)31-21(28)15-1-2-15/h3-6,13,15,17H,1-2,7-12H2,(H2,23,29). The summed E-state index contributed by atoms with van der Waals surface area (Å²) in [6.07, 6.45) is 3.66. The number of ether oxygens (including phenoxy) is 2. The molecule has 162 valence electrons. The van der Waals surface area contributed by atoms with Crippen molar-refractivity contribution in [1.29, 1.82) is 0 Å². The predicted octanol–water partition coefficient (Wildman–Crippen LogP) is 2.34. The van der Waals surface area contributed by atoms with Crippen molar-refractivity contribution in [2.24, 2.45) is 11.7 Å². The van der Waals surface area contributed by atoms with Crippen LogP contribution in [0, 0.1) is 5.92 Å². The number of carbonyl (C=O) groups is 2. The SMILES string of the molecule is NC(=O)N(c1ccc(-c2nc(OC(=O)C3CC3)cc(N3CCOCC3)n2)cc1)C1CC1. The number of nitrogens with zero attached hydrogens (tertiary/aromatic N) is 4. The second-order valence-corrected chi connectivity index (χ2v) is 8.17. The van der Waals surface area contributed by atoms with Gasteiger partial charge in [0.05, 0.1) is 19.1 Å². The van der Waals surface area contributed by atoms with Gasteiger partial charge in [-0.3, -0.25) is 9.69 Å². The molecule has 2 amide bonds. The first kappa shape index (κ1) is 19.7. The summed E-state index contributed by atoms with van der Waals surface area (Å²) in [6.45, 7) is 2.66. The summed E-state index contributed by atoms with van der Waals surface area (Å²) in [4.78, 5) is 36.9. The molecule has 2 saturated carbocycles. The van der Waals surface area contributed by atoms with Crippen molar-refractivity contribution in [3.05, 3.63) is 30.3 Å². The molecule has 2 heterocycles. The van der Waals surface area contributed by atoms with Crippen molar-refractivity contribution in [3.8, 4) is 17.3 Å². The van der Waals surface area contributed by atoms with Gasteiger partial charge in [-0.1, -0.05) is 0 Å². The third-order valence-electron chi connectivity index (χ3n) is 5.69. The Labute approximate surface area is 180 Å². The van der Waals surface area contributed by atoms with E-state index in [1.165, 1.54) is 0 Å². The van der Waals surface area contributed by atoms with Crippen LogP contribution in [0.15, 0.2) is 30.3 Å². The molecule has 9 nitrogen and oxygen atoms in total. The molecule has 2 aromatic rings. The van der Waals surface area contributed by atoms with Gasteiger partial charge in [-0.15, -0.1) is 0 Å². The van der Waals surface area contributed by atoms with Crippen molar-refractivity contribution in [2.75, 3.05) is 36.1 Å². The lowest BCUT2D eigenvalue weighted by atomic mass is 10.1. The Morgan fingerprint density at radius 3 is 2.39 bits per heavy atom. The molecular formula is C22H25N5O4. The molecule has 0 atom stereocenters. The summed E-state index contributed by atoms with van der Waals surface area (Å²) in [6, 6.07) is 8.86. The number of anilines is 2. The summed E-state index contributed by atoms with van der Waals surface area (Å²) < 4.78 is 11.0. The van der Waals surface area contributed by atoms with Gasteiger partial charge in [-0.05, 0) is 49.9 Å². The summed E-state index contributed by atoms with van der Waals surface area (Å²) in [5.74, 6) is 1.16. The molecule has 0 radical (unpaired) electrons. The number of esters is 1. The zero-order valence-electron chi connectivity index (χ0n) is 17.2. The van der Waals surface area contributed by atoms with Crippen LogP contribution < -0.4 is 20.3 Å². The van der Waals surface area contributed by atoms with Crippen molar-refractivity contribution in [3.63, 3.8) is 0 Å². The van der Waals surface area contributed by atoms with E-state index >= 15 is 0 Å². The van der Waals surface area contributed by atoms with Crippen LogP contribution in [0.25, 0.3) is 11.4 Å². The fourth-order valence-electron chi connectivity index (χ4n) is 3.68. The van der Waals surface area contributed by atoms with Gasteiger partial charge in [-0.25, -0.2) is 9.78 Å². The van der Waals surface area contributed by atoms with Crippen molar-refractivity contribution < 1.29 is 19.1 Å². The predicted molar refractivity (Wildman–Crippen MR) is 114 cm³/mol. The number of primary amides is 1. The van der Waals surface area contributed by atoms with Crippen LogP contribution in [0.1, 0.15) is 25.7 Å². The number of morpholine rings is 1. The first-order valence-electron chi connectivity index (χ1n) is 10.7. The molecule has 2 N–H and O–H groups in total. The van der Waals surface area contributed by atoms with Crippen molar-refractivity contribution in [2.45, 2.75) is 31.7 Å². The van der Waals surface area contributed by atoms with E-state index in [9.17, 15) is 9.59 Å². The maximum atomic E-state index is 12.2. The van der Waals surface area contributed by atoms with E-state index < -0.39 is 6.03 Å². The lowest BCUT2D eigenvalue weighted by Crippen LogP contribution is -2.37. The monoisotopic (exact) mass is 423 g/mol. The highest BCUT2D eigenvalue weighted by atomic mass is 16.5. The normalized spacial score (nSPS) is 18.5. The average Bonchev–Trinajstić information content (AvgIpc) is 3.68. The number of amides is 2. The molecule has 3 aliphatic rings. The van der Waals surface area contributed by atoms with E-state index in [0.717, 1.165) is 36.9 Å². The zero-order chi connectivity index (χ0) is 21.4. The quantitative estimate of drug-likeness (QED) is 0.710. The van der Waals surface area contributed by atoms with Crippen LogP contribution in [0.3, 0.4) is 0 Å². The number of urea groups is 1. The van der Waals surface area contributed by atoms with Gasteiger partial charge in [0, 0.05) is 36.4 Å². The molecule has 9 heteroatoms. The maximum absolute atomic E-state index is 12.2. The molecule has 0 spiro atoms. The largest absolute Gasteiger partial charge is 0.407 e. The molecule has 5 rings (SSSR count). The van der Waals surface area contributed by atoms with Crippen LogP contribution in [-0.2, 0) is 9.53 Å². The Balaban J connectivity index is 1.44. The second kappa shape index (κ2) is 8.14. The van der Waals surface area contributed by atoms with Crippen LogP contribution in [0.2, 0.25) is 0 Å². The van der Waals surface area contributed by atoms with E-state index in [2.05, 4.69) is 9.88 Å². The number of hydrogen-bond acceptors (Lipinski definition) is 7. The number of rotatable bonds is 6. The molecule has 1 aromatic carbocycles. The Morgan fingerprint density at radius 2 is 1.77 bits per heavy atom. The van der Waals surface area contributed by atoms with Crippen molar-refractivity contribution >= 4 is 23.5 Å². The topological polar surface area (TPSA) is 111 Å². The van der Waals surface area contributed by atoms with Gasteiger partial charge in [0.2, 0.25) is 5.88 Å². The number of carbonyl (C=O) groups excluding carboxylic acids is 2. The molecule has 1 aliphatic heterocycles. The van der Waals surface area contributed by atoms with Gasteiger partial charge < -0.3 is 20.1 Å². The summed E-state index contributed by atoms with van der Waals surface area (Å²) in [5, 5.41) is 0. The summed E-state index contributed by atoms with van der Waals surface area (Å²) in [7, 11) is 0. The molecule has 2 aliphatic carbocycles. The molecule has 0 unspecified atom stereocenters. The number of benzene rings is 1. The maximum Gasteiger partial charge on any atom is 0.319 e. The molecule has 31 heavy (non-hydrogen) atoms. The first-order chi connectivity index (χ1) is 15.1. The first-order valence-corrected chi connectivity index (χ1v) is 10.7. The molecular weight excluding hydrogens is 398 g/mol. The lowest BCUT2D eigenvalue weighted by molar-refractivity contribution is -0.136. The highest BCUT2D eigenvalue weighted by Crippen LogP contribution is 2.34. The highest BCUT2D eigenvalue weighted by Gasteiger charge is 2.33. The third kappa shape index (κ3) is 4.46. The molecule has 0 bridgehead atoms. The van der Waals surface area contributed by atoms with Crippen LogP contribution >= 0.6 is 0 Å². The minimum atomic E-state index is -0.449. The summed E-state index contributed by atoms with van der Waals surface area (Å²) in [5.41, 5.74) is 7.07. The van der Waals surface area contributed by atoms with Crippen molar-refractivity contribution in [1.82, 2.24) is 9.97 Å². The van der Waals surface area contributed by atoms with Crippen LogP contribution in [-0.4, -0.2) is 54.3 Å². The smallest absolute Gasteiger partial charge is 0.319 e. The van der Waals surface area contributed by atoms with Gasteiger partial charge in [0.1, 0.15) is 5.82 Å². The molecule has 1 saturated heterocycles. The fourth-order valence-corrected chi connectivity index (χ4v) is 3.68. The number of hydrogen-bond donors (Lipinski definition) is 1. The third-order valence-corrected chi connectivity index (χ3v) is 5.69. The van der Waals surface area contributed by atoms with E-state index in [1.54, 1.807) is 11.0 Å². The number of nitrogens with two attached hydrogens (primary N) is 1. The van der Waals surface area contributed by atoms with E-state index in [1.807, 2.05) is 24.3 Å².